The minimum Gasteiger partial charge on any atom is -0.370 e. The number of carbonyl (C=O) groups excluding carboxylic acids is 2. The van der Waals surface area contributed by atoms with Crippen LogP contribution in [0, 0.1) is 17.8 Å². The van der Waals surface area contributed by atoms with Gasteiger partial charge in [-0.3, -0.25) is 9.59 Å². The summed E-state index contributed by atoms with van der Waals surface area (Å²) in [7, 11) is 0. The fourth-order valence-corrected chi connectivity index (χ4v) is 2.59. The molecule has 2 amide bonds. The van der Waals surface area contributed by atoms with Gasteiger partial charge in [0, 0.05) is 31.3 Å². The Balaban J connectivity index is 1.74. The molecule has 0 bridgehead atoms. The highest BCUT2D eigenvalue weighted by atomic mass is 16.2. The molecule has 0 aromatic rings. The van der Waals surface area contributed by atoms with E-state index in [-0.39, 0.29) is 17.7 Å². The summed E-state index contributed by atoms with van der Waals surface area (Å²) in [5, 5.41) is 0. The molecule has 1 atom stereocenters. The van der Waals surface area contributed by atoms with E-state index in [1.165, 1.54) is 19.3 Å². The number of likely N-dealkylation sites (tertiary alicyclic amines) is 1. The number of hydrogen-bond acceptors (Lipinski definition) is 2. The molecule has 0 aromatic carbocycles. The quantitative estimate of drug-likeness (QED) is 0.766. The second-order valence-corrected chi connectivity index (χ2v) is 5.26. The molecule has 16 heavy (non-hydrogen) atoms. The van der Waals surface area contributed by atoms with Crippen LogP contribution >= 0.6 is 0 Å². The number of nitrogens with zero attached hydrogens (tertiary/aromatic N) is 1. The van der Waals surface area contributed by atoms with Crippen LogP contribution in [0.15, 0.2) is 0 Å². The Kier molecular flexibility index (Phi) is 3.17. The molecule has 0 aromatic heterocycles. The largest absolute Gasteiger partial charge is 0.370 e. The molecular weight excluding hydrogens is 204 g/mol. The minimum absolute atomic E-state index is 0.170. The molecule has 1 saturated heterocycles. The first-order valence-electron chi connectivity index (χ1n) is 6.15. The van der Waals surface area contributed by atoms with Crippen molar-refractivity contribution in [1.29, 1.82) is 0 Å². The van der Waals surface area contributed by atoms with E-state index in [9.17, 15) is 9.59 Å². The summed E-state index contributed by atoms with van der Waals surface area (Å²) in [5.41, 5.74) is 5.12. The van der Waals surface area contributed by atoms with Gasteiger partial charge in [-0.15, -0.1) is 0 Å². The van der Waals surface area contributed by atoms with Crippen molar-refractivity contribution in [2.45, 2.75) is 32.6 Å². The second kappa shape index (κ2) is 4.44. The predicted octanol–water partition coefficient (Wildman–Crippen LogP) is 0.756. The van der Waals surface area contributed by atoms with E-state index >= 15 is 0 Å². The lowest BCUT2D eigenvalue weighted by molar-refractivity contribution is -0.145. The van der Waals surface area contributed by atoms with E-state index < -0.39 is 0 Å². The molecule has 4 nitrogen and oxygen atoms in total. The number of carbonyl (C=O) groups is 2. The highest BCUT2D eigenvalue weighted by Gasteiger charge is 2.37. The third-order valence-electron chi connectivity index (χ3n) is 4.01. The zero-order valence-electron chi connectivity index (χ0n) is 9.82. The van der Waals surface area contributed by atoms with Crippen LogP contribution in [0.5, 0.6) is 0 Å². The summed E-state index contributed by atoms with van der Waals surface area (Å²) in [4.78, 5) is 24.6. The Labute approximate surface area is 96.2 Å². The molecule has 2 aliphatic rings. The van der Waals surface area contributed by atoms with E-state index in [0.29, 0.717) is 18.3 Å². The molecule has 4 heteroatoms. The van der Waals surface area contributed by atoms with Crippen LogP contribution in [0.25, 0.3) is 0 Å². The van der Waals surface area contributed by atoms with E-state index in [2.05, 4.69) is 0 Å². The average molecular weight is 224 g/mol. The van der Waals surface area contributed by atoms with Gasteiger partial charge in [-0.05, 0) is 18.8 Å². The standard InChI is InChI=1S/C12H20N2O2/c1-8(10-3-2-4-10)12(16)14-6-9(7-14)5-11(13)15/h8-10H,2-7H2,1H3,(H2,13,15). The van der Waals surface area contributed by atoms with Gasteiger partial charge in [-0.2, -0.15) is 0 Å². The molecule has 0 radical (unpaired) electrons. The lowest BCUT2D eigenvalue weighted by Crippen LogP contribution is -2.53. The normalized spacial score (nSPS) is 23.4. The van der Waals surface area contributed by atoms with Gasteiger partial charge in [0.1, 0.15) is 0 Å². The maximum atomic E-state index is 12.0. The van der Waals surface area contributed by atoms with Crippen LogP contribution in [0.2, 0.25) is 0 Å². The van der Waals surface area contributed by atoms with E-state index in [0.717, 1.165) is 13.1 Å². The van der Waals surface area contributed by atoms with Crippen LogP contribution in [0.4, 0.5) is 0 Å². The number of amides is 2. The van der Waals surface area contributed by atoms with Gasteiger partial charge in [0.2, 0.25) is 11.8 Å². The van der Waals surface area contributed by atoms with E-state index in [1.807, 2.05) is 11.8 Å². The van der Waals surface area contributed by atoms with Crippen molar-refractivity contribution in [3.05, 3.63) is 0 Å². The van der Waals surface area contributed by atoms with Crippen LogP contribution < -0.4 is 5.73 Å². The monoisotopic (exact) mass is 224 g/mol. The number of hydrogen-bond donors (Lipinski definition) is 1. The van der Waals surface area contributed by atoms with Crippen molar-refractivity contribution in [3.63, 3.8) is 0 Å². The fraction of sp³-hybridized carbons (Fsp3) is 0.833. The maximum Gasteiger partial charge on any atom is 0.225 e. The fourth-order valence-electron chi connectivity index (χ4n) is 2.59. The Morgan fingerprint density at radius 2 is 2.00 bits per heavy atom. The third-order valence-corrected chi connectivity index (χ3v) is 4.01. The summed E-state index contributed by atoms with van der Waals surface area (Å²) in [6.45, 7) is 3.48. The summed E-state index contributed by atoms with van der Waals surface area (Å²) < 4.78 is 0. The van der Waals surface area contributed by atoms with Crippen LogP contribution in [0.1, 0.15) is 32.6 Å². The number of primary amides is 1. The Hall–Kier alpha value is -1.06. The van der Waals surface area contributed by atoms with E-state index in [4.69, 9.17) is 5.73 Å². The zero-order valence-corrected chi connectivity index (χ0v) is 9.82. The van der Waals surface area contributed by atoms with Gasteiger partial charge in [-0.25, -0.2) is 0 Å². The van der Waals surface area contributed by atoms with E-state index in [1.54, 1.807) is 0 Å². The molecule has 2 N–H and O–H groups in total. The van der Waals surface area contributed by atoms with Crippen molar-refractivity contribution < 1.29 is 9.59 Å². The topological polar surface area (TPSA) is 63.4 Å². The van der Waals surface area contributed by atoms with Crippen LogP contribution in [-0.4, -0.2) is 29.8 Å². The molecule has 90 valence electrons. The van der Waals surface area contributed by atoms with Gasteiger partial charge < -0.3 is 10.6 Å². The van der Waals surface area contributed by atoms with Gasteiger partial charge >= 0.3 is 0 Å². The highest BCUT2D eigenvalue weighted by Crippen LogP contribution is 2.35. The van der Waals surface area contributed by atoms with Crippen LogP contribution in [-0.2, 0) is 9.59 Å². The molecule has 2 rings (SSSR count). The van der Waals surface area contributed by atoms with Crippen LogP contribution in [0.3, 0.4) is 0 Å². The lowest BCUT2D eigenvalue weighted by Gasteiger charge is -2.42. The third kappa shape index (κ3) is 2.20. The summed E-state index contributed by atoms with van der Waals surface area (Å²) in [6, 6.07) is 0. The molecule has 1 aliphatic carbocycles. The van der Waals surface area contributed by atoms with Gasteiger partial charge in [0.05, 0.1) is 0 Å². The summed E-state index contributed by atoms with van der Waals surface area (Å²) >= 11 is 0. The molecule has 1 heterocycles. The maximum absolute atomic E-state index is 12.0. The molecular formula is C12H20N2O2. The lowest BCUT2D eigenvalue weighted by atomic mass is 9.75. The molecule has 0 spiro atoms. The van der Waals surface area contributed by atoms with Gasteiger partial charge in [0.25, 0.3) is 0 Å². The summed E-state index contributed by atoms with van der Waals surface area (Å²) in [6.07, 6.45) is 4.09. The Morgan fingerprint density at radius 1 is 1.38 bits per heavy atom. The first kappa shape index (κ1) is 11.4. The Bertz CT molecular complexity index is 293. The average Bonchev–Trinajstić information content (AvgIpc) is 2.06. The van der Waals surface area contributed by atoms with Gasteiger partial charge in [-0.1, -0.05) is 13.3 Å². The summed E-state index contributed by atoms with van der Waals surface area (Å²) in [5.74, 6) is 1.08. The minimum atomic E-state index is -0.260. The first-order valence-corrected chi connectivity index (χ1v) is 6.15. The van der Waals surface area contributed by atoms with Crippen molar-refractivity contribution in [3.8, 4) is 0 Å². The Morgan fingerprint density at radius 3 is 2.44 bits per heavy atom. The highest BCUT2D eigenvalue weighted by molar-refractivity contribution is 5.80. The van der Waals surface area contributed by atoms with Crippen molar-refractivity contribution in [2.24, 2.45) is 23.5 Å². The zero-order chi connectivity index (χ0) is 11.7. The van der Waals surface area contributed by atoms with Gasteiger partial charge in [0.15, 0.2) is 0 Å². The molecule has 2 fully saturated rings. The molecule has 1 saturated carbocycles. The number of nitrogens with two attached hydrogens (primary N) is 1. The molecule has 1 aliphatic heterocycles. The smallest absolute Gasteiger partial charge is 0.225 e. The number of rotatable bonds is 4. The van der Waals surface area contributed by atoms with Crippen molar-refractivity contribution >= 4 is 11.8 Å². The first-order chi connectivity index (χ1) is 7.58. The SMILES string of the molecule is CC(C(=O)N1CC(CC(N)=O)C1)C1CCC1. The van der Waals surface area contributed by atoms with Crippen molar-refractivity contribution in [2.75, 3.05) is 13.1 Å². The molecule has 1 unspecified atom stereocenters. The van der Waals surface area contributed by atoms with Crippen molar-refractivity contribution in [1.82, 2.24) is 4.90 Å². The second-order valence-electron chi connectivity index (χ2n) is 5.26. The predicted molar refractivity (Wildman–Crippen MR) is 60.4 cm³/mol.